The van der Waals surface area contributed by atoms with Gasteiger partial charge in [-0.2, -0.15) is 5.10 Å². The van der Waals surface area contributed by atoms with E-state index in [1.54, 1.807) is 0 Å². The van der Waals surface area contributed by atoms with Crippen molar-refractivity contribution >= 4 is 15.9 Å². The third kappa shape index (κ3) is 3.53. The molecular weight excluding hydrogens is 326 g/mol. The van der Waals surface area contributed by atoms with Gasteiger partial charge in [-0.3, -0.25) is 4.68 Å². The lowest BCUT2D eigenvalue weighted by atomic mass is 9.78. The van der Waals surface area contributed by atoms with Crippen molar-refractivity contribution < 1.29 is 0 Å². The summed E-state index contributed by atoms with van der Waals surface area (Å²) in [5.74, 6) is 0. The Labute approximate surface area is 138 Å². The molecule has 2 rings (SSSR count). The summed E-state index contributed by atoms with van der Waals surface area (Å²) in [7, 11) is 0. The number of nitrogens with zero attached hydrogens (tertiary/aromatic N) is 2. The van der Waals surface area contributed by atoms with Crippen molar-refractivity contribution in [3.8, 4) is 0 Å². The van der Waals surface area contributed by atoms with Gasteiger partial charge >= 0.3 is 0 Å². The quantitative estimate of drug-likeness (QED) is 0.788. The Kier molecular flexibility index (Phi) is 5.89. The van der Waals surface area contributed by atoms with Crippen molar-refractivity contribution in [3.05, 3.63) is 15.9 Å². The van der Waals surface area contributed by atoms with Crippen LogP contribution in [0.4, 0.5) is 0 Å². The van der Waals surface area contributed by atoms with Gasteiger partial charge in [-0.15, -0.1) is 0 Å². The first-order valence-electron chi connectivity index (χ1n) is 8.53. The fraction of sp³-hybridized carbons (Fsp3) is 0.824. The van der Waals surface area contributed by atoms with E-state index in [-0.39, 0.29) is 0 Å². The second kappa shape index (κ2) is 7.28. The maximum atomic E-state index is 4.75. The molecule has 1 atom stereocenters. The molecule has 1 fully saturated rings. The topological polar surface area (TPSA) is 29.9 Å². The van der Waals surface area contributed by atoms with E-state index in [4.69, 9.17) is 5.10 Å². The van der Waals surface area contributed by atoms with Gasteiger partial charge in [0.1, 0.15) is 0 Å². The first-order valence-corrected chi connectivity index (χ1v) is 9.32. The van der Waals surface area contributed by atoms with E-state index in [0.717, 1.165) is 25.9 Å². The molecule has 0 saturated heterocycles. The number of hydrogen-bond acceptors (Lipinski definition) is 2. The molecule has 1 aromatic rings. The van der Waals surface area contributed by atoms with E-state index < -0.39 is 0 Å². The van der Waals surface area contributed by atoms with E-state index in [1.807, 2.05) is 0 Å². The second-order valence-electron chi connectivity index (χ2n) is 6.55. The molecule has 120 valence electrons. The second-order valence-corrected chi connectivity index (χ2v) is 7.35. The summed E-state index contributed by atoms with van der Waals surface area (Å²) in [6, 6.07) is 0.549. The molecule has 1 aromatic heterocycles. The summed E-state index contributed by atoms with van der Waals surface area (Å²) in [5.41, 5.74) is 3.00. The average Bonchev–Trinajstić information content (AvgIpc) is 3.04. The molecule has 0 aromatic carbocycles. The third-order valence-corrected chi connectivity index (χ3v) is 6.04. The van der Waals surface area contributed by atoms with Crippen LogP contribution in [0.1, 0.15) is 64.8 Å². The van der Waals surface area contributed by atoms with Crippen molar-refractivity contribution in [2.75, 3.05) is 6.54 Å². The first-order chi connectivity index (χ1) is 10.1. The predicted molar refractivity (Wildman–Crippen MR) is 92.7 cm³/mol. The molecule has 1 unspecified atom stereocenters. The Morgan fingerprint density at radius 2 is 1.95 bits per heavy atom. The summed E-state index contributed by atoms with van der Waals surface area (Å²) in [6.45, 7) is 11.0. The predicted octanol–water partition coefficient (Wildman–Crippen LogP) is 4.33. The minimum absolute atomic E-state index is 0.435. The van der Waals surface area contributed by atoms with Gasteiger partial charge in [0.2, 0.25) is 0 Å². The summed E-state index contributed by atoms with van der Waals surface area (Å²) < 4.78 is 3.42. The average molecular weight is 356 g/mol. The molecule has 1 heterocycles. The normalized spacial score (nSPS) is 19.1. The molecule has 0 spiro atoms. The highest BCUT2D eigenvalue weighted by Gasteiger charge is 2.37. The highest BCUT2D eigenvalue weighted by molar-refractivity contribution is 9.10. The van der Waals surface area contributed by atoms with Crippen LogP contribution in [0.25, 0.3) is 0 Å². The highest BCUT2D eigenvalue weighted by Crippen LogP contribution is 2.42. The minimum Gasteiger partial charge on any atom is -0.313 e. The smallest absolute Gasteiger partial charge is 0.0766 e. The van der Waals surface area contributed by atoms with Crippen molar-refractivity contribution in [2.24, 2.45) is 5.41 Å². The van der Waals surface area contributed by atoms with Crippen LogP contribution in [0.5, 0.6) is 0 Å². The van der Waals surface area contributed by atoms with Gasteiger partial charge in [-0.25, -0.2) is 0 Å². The van der Waals surface area contributed by atoms with E-state index in [0.29, 0.717) is 11.5 Å². The lowest BCUT2D eigenvalue weighted by molar-refractivity contribution is 0.219. The third-order valence-electron chi connectivity index (χ3n) is 5.13. The molecule has 4 heteroatoms. The zero-order valence-corrected chi connectivity index (χ0v) is 15.6. The number of likely N-dealkylation sites (N-methyl/N-ethyl adjacent to an activating group) is 1. The monoisotopic (exact) mass is 355 g/mol. The molecule has 3 nitrogen and oxygen atoms in total. The summed E-state index contributed by atoms with van der Waals surface area (Å²) in [6.07, 6.45) is 7.53. The molecule has 1 aliphatic carbocycles. The molecule has 21 heavy (non-hydrogen) atoms. The zero-order chi connectivity index (χ0) is 15.5. The molecule has 1 N–H and O–H groups in total. The van der Waals surface area contributed by atoms with Crippen LogP contribution in [0.3, 0.4) is 0 Å². The van der Waals surface area contributed by atoms with E-state index in [1.165, 1.54) is 41.5 Å². The maximum Gasteiger partial charge on any atom is 0.0766 e. The fourth-order valence-corrected chi connectivity index (χ4v) is 4.47. The van der Waals surface area contributed by atoms with Gasteiger partial charge in [-0.1, -0.05) is 33.6 Å². The van der Waals surface area contributed by atoms with Crippen LogP contribution in [-0.2, 0) is 19.4 Å². The maximum absolute atomic E-state index is 4.75. The van der Waals surface area contributed by atoms with Gasteiger partial charge in [0.25, 0.3) is 0 Å². The van der Waals surface area contributed by atoms with Crippen LogP contribution in [-0.4, -0.2) is 22.4 Å². The van der Waals surface area contributed by atoms with Crippen molar-refractivity contribution in [2.45, 2.75) is 78.8 Å². The molecule has 1 saturated carbocycles. The highest BCUT2D eigenvalue weighted by atomic mass is 79.9. The van der Waals surface area contributed by atoms with Crippen molar-refractivity contribution in [3.63, 3.8) is 0 Å². The van der Waals surface area contributed by atoms with Crippen LogP contribution in [0.15, 0.2) is 4.47 Å². The number of hydrogen-bond donors (Lipinski definition) is 1. The van der Waals surface area contributed by atoms with Crippen LogP contribution in [0, 0.1) is 5.41 Å². The largest absolute Gasteiger partial charge is 0.313 e. The Hall–Kier alpha value is -0.350. The molecular formula is C17H30BrN3. The molecule has 0 aliphatic heterocycles. The zero-order valence-electron chi connectivity index (χ0n) is 14.0. The van der Waals surface area contributed by atoms with E-state index in [2.05, 4.69) is 53.6 Å². The van der Waals surface area contributed by atoms with Gasteiger partial charge in [0, 0.05) is 19.0 Å². The summed E-state index contributed by atoms with van der Waals surface area (Å²) in [4.78, 5) is 0. The molecule has 0 bridgehead atoms. The van der Waals surface area contributed by atoms with Gasteiger partial charge in [-0.05, 0) is 54.1 Å². The number of halogens is 1. The molecule has 0 radical (unpaired) electrons. The minimum atomic E-state index is 0.435. The van der Waals surface area contributed by atoms with Crippen LogP contribution in [0.2, 0.25) is 0 Å². The van der Waals surface area contributed by atoms with Crippen LogP contribution >= 0.6 is 15.9 Å². The standard InChI is InChI=1S/C17H30BrN3/c1-5-13-16(18)14(21(7-3)20-13)12-15(19-6-2)17(4)10-8-9-11-17/h15,19H,5-12H2,1-4H3. The lowest BCUT2D eigenvalue weighted by Crippen LogP contribution is -2.44. The lowest BCUT2D eigenvalue weighted by Gasteiger charge is -2.35. The Morgan fingerprint density at radius 3 is 2.48 bits per heavy atom. The number of aromatic nitrogens is 2. The van der Waals surface area contributed by atoms with Crippen LogP contribution < -0.4 is 5.32 Å². The van der Waals surface area contributed by atoms with E-state index in [9.17, 15) is 0 Å². The van der Waals surface area contributed by atoms with Crippen molar-refractivity contribution in [1.29, 1.82) is 0 Å². The number of nitrogens with one attached hydrogen (secondary N) is 1. The first kappa shape index (κ1) is 17.0. The SMILES string of the molecule is CCNC(Cc1c(Br)c(CC)nn1CC)C1(C)CCCC1. The summed E-state index contributed by atoms with van der Waals surface area (Å²) >= 11 is 3.80. The van der Waals surface area contributed by atoms with E-state index >= 15 is 0 Å². The Balaban J connectivity index is 2.26. The van der Waals surface area contributed by atoms with Gasteiger partial charge in [0.15, 0.2) is 0 Å². The van der Waals surface area contributed by atoms with Crippen molar-refractivity contribution in [1.82, 2.24) is 15.1 Å². The molecule has 1 aliphatic rings. The Bertz CT molecular complexity index is 461. The Morgan fingerprint density at radius 1 is 1.29 bits per heavy atom. The fourth-order valence-electron chi connectivity index (χ4n) is 3.75. The molecule has 0 amide bonds. The summed E-state index contributed by atoms with van der Waals surface area (Å²) in [5, 5.41) is 8.51. The van der Waals surface area contributed by atoms with Gasteiger partial charge in [0.05, 0.1) is 15.9 Å². The van der Waals surface area contributed by atoms with Gasteiger partial charge < -0.3 is 5.32 Å². The number of rotatable bonds is 7. The number of aryl methyl sites for hydroxylation is 2.